The lowest BCUT2D eigenvalue weighted by Crippen LogP contribution is -2.55. The molecule has 58 valence electrons. The lowest BCUT2D eigenvalue weighted by molar-refractivity contribution is 0.389. The third kappa shape index (κ3) is 1.18. The van der Waals surface area contributed by atoms with Gasteiger partial charge in [-0.3, -0.25) is 0 Å². The highest BCUT2D eigenvalue weighted by Crippen LogP contribution is 2.32. The molecule has 2 nitrogen and oxygen atoms in total. The minimum Gasteiger partial charge on any atom is -0.315 e. The summed E-state index contributed by atoms with van der Waals surface area (Å²) in [6, 6.07) is 0. The zero-order chi connectivity index (χ0) is 6.86. The molecule has 3 heteroatoms. The van der Waals surface area contributed by atoms with Crippen molar-refractivity contribution in [2.75, 3.05) is 31.1 Å². The van der Waals surface area contributed by atoms with Crippen LogP contribution >= 0.6 is 11.8 Å². The predicted octanol–water partition coefficient (Wildman–Crippen LogP) is 0.0549. The van der Waals surface area contributed by atoms with Gasteiger partial charge in [0.05, 0.1) is 0 Å². The fourth-order valence-corrected chi connectivity index (χ4v) is 2.74. The highest BCUT2D eigenvalue weighted by atomic mass is 32.2. The first-order valence-corrected chi connectivity index (χ1v) is 5.10. The summed E-state index contributed by atoms with van der Waals surface area (Å²) in [5.41, 5.74) is 0.536. The van der Waals surface area contributed by atoms with Crippen LogP contribution < -0.4 is 10.6 Å². The van der Waals surface area contributed by atoms with Crippen LogP contribution in [0.2, 0.25) is 0 Å². The van der Waals surface area contributed by atoms with Gasteiger partial charge >= 0.3 is 0 Å². The fourth-order valence-electron chi connectivity index (χ4n) is 1.55. The minimum atomic E-state index is 0.536. The fraction of sp³-hybridized carbons (Fsp3) is 1.00. The molecular weight excluding hydrogens is 144 g/mol. The largest absolute Gasteiger partial charge is 0.315 e. The summed E-state index contributed by atoms with van der Waals surface area (Å²) >= 11 is 2.06. The average molecular weight is 158 g/mol. The van der Waals surface area contributed by atoms with E-state index in [1.54, 1.807) is 0 Å². The van der Waals surface area contributed by atoms with Crippen LogP contribution in [-0.2, 0) is 0 Å². The molecule has 0 saturated carbocycles. The van der Waals surface area contributed by atoms with Gasteiger partial charge in [0.15, 0.2) is 0 Å². The van der Waals surface area contributed by atoms with Crippen LogP contribution in [0, 0.1) is 0 Å². The third-order valence-electron chi connectivity index (χ3n) is 2.34. The lowest BCUT2D eigenvalue weighted by atomic mass is 10.00. The Bertz CT molecular complexity index is 113. The highest BCUT2D eigenvalue weighted by molar-refractivity contribution is 8.00. The summed E-state index contributed by atoms with van der Waals surface area (Å²) in [6.07, 6.45) is 1.32. The molecule has 2 N–H and O–H groups in total. The van der Waals surface area contributed by atoms with E-state index in [-0.39, 0.29) is 0 Å². The average Bonchev–Trinajstić information content (AvgIpc) is 2.08. The SMILES string of the molecule is C1CNC2(CCN1)CSC2. The second kappa shape index (κ2) is 2.72. The summed E-state index contributed by atoms with van der Waals surface area (Å²) in [4.78, 5) is 0. The van der Waals surface area contributed by atoms with Gasteiger partial charge in [0.1, 0.15) is 0 Å². The van der Waals surface area contributed by atoms with Gasteiger partial charge in [-0.25, -0.2) is 0 Å². The Morgan fingerprint density at radius 3 is 2.70 bits per heavy atom. The van der Waals surface area contributed by atoms with E-state index < -0.39 is 0 Å². The minimum absolute atomic E-state index is 0.536. The molecule has 0 radical (unpaired) electrons. The summed E-state index contributed by atoms with van der Waals surface area (Å²) < 4.78 is 0. The molecule has 0 aromatic heterocycles. The Morgan fingerprint density at radius 2 is 2.00 bits per heavy atom. The van der Waals surface area contributed by atoms with Crippen LogP contribution in [0.4, 0.5) is 0 Å². The molecule has 10 heavy (non-hydrogen) atoms. The van der Waals surface area contributed by atoms with Gasteiger partial charge in [-0.15, -0.1) is 0 Å². The van der Waals surface area contributed by atoms with Crippen LogP contribution in [0.15, 0.2) is 0 Å². The van der Waals surface area contributed by atoms with Gasteiger partial charge in [-0.05, 0) is 13.0 Å². The summed E-state index contributed by atoms with van der Waals surface area (Å²) in [6.45, 7) is 3.50. The Hall–Kier alpha value is 0.270. The number of hydrogen-bond acceptors (Lipinski definition) is 3. The van der Waals surface area contributed by atoms with Crippen molar-refractivity contribution in [2.24, 2.45) is 0 Å². The third-order valence-corrected chi connectivity index (χ3v) is 3.85. The van der Waals surface area contributed by atoms with E-state index in [9.17, 15) is 0 Å². The number of hydrogen-bond donors (Lipinski definition) is 2. The molecule has 2 aliphatic rings. The maximum atomic E-state index is 3.61. The van der Waals surface area contributed by atoms with Gasteiger partial charge in [-0.1, -0.05) is 0 Å². The van der Waals surface area contributed by atoms with Crippen molar-refractivity contribution in [3.05, 3.63) is 0 Å². The highest BCUT2D eigenvalue weighted by Gasteiger charge is 2.37. The van der Waals surface area contributed by atoms with Crippen LogP contribution in [0.25, 0.3) is 0 Å². The van der Waals surface area contributed by atoms with Crippen LogP contribution in [0.1, 0.15) is 6.42 Å². The molecule has 0 unspecified atom stereocenters. The number of nitrogens with one attached hydrogen (secondary N) is 2. The van der Waals surface area contributed by atoms with Gasteiger partial charge in [0.2, 0.25) is 0 Å². The van der Waals surface area contributed by atoms with Crippen molar-refractivity contribution in [1.82, 2.24) is 10.6 Å². The Balaban J connectivity index is 1.92. The van der Waals surface area contributed by atoms with Crippen molar-refractivity contribution in [2.45, 2.75) is 12.0 Å². The predicted molar refractivity (Wildman–Crippen MR) is 45.5 cm³/mol. The number of rotatable bonds is 0. The first-order chi connectivity index (χ1) is 4.91. The molecule has 0 atom stereocenters. The van der Waals surface area contributed by atoms with Crippen molar-refractivity contribution < 1.29 is 0 Å². The molecule has 2 saturated heterocycles. The normalized spacial score (nSPS) is 31.2. The zero-order valence-electron chi connectivity index (χ0n) is 6.15. The molecular formula is C7H14N2S. The van der Waals surface area contributed by atoms with Crippen molar-refractivity contribution in [3.63, 3.8) is 0 Å². The van der Waals surface area contributed by atoms with E-state index in [2.05, 4.69) is 22.4 Å². The van der Waals surface area contributed by atoms with E-state index in [4.69, 9.17) is 0 Å². The second-order valence-electron chi connectivity index (χ2n) is 3.20. The molecule has 2 fully saturated rings. The van der Waals surface area contributed by atoms with E-state index in [0.717, 1.165) is 13.1 Å². The van der Waals surface area contributed by atoms with Crippen LogP contribution in [0.3, 0.4) is 0 Å². The monoisotopic (exact) mass is 158 g/mol. The quantitative estimate of drug-likeness (QED) is 0.521. The van der Waals surface area contributed by atoms with E-state index in [1.807, 2.05) is 0 Å². The Labute approximate surface area is 66.1 Å². The molecule has 0 amide bonds. The maximum absolute atomic E-state index is 3.61. The summed E-state index contributed by atoms with van der Waals surface area (Å²) in [7, 11) is 0. The van der Waals surface area contributed by atoms with E-state index >= 15 is 0 Å². The molecule has 2 heterocycles. The lowest BCUT2D eigenvalue weighted by Gasteiger charge is -2.41. The topological polar surface area (TPSA) is 24.1 Å². The Kier molecular flexibility index (Phi) is 1.89. The van der Waals surface area contributed by atoms with Gasteiger partial charge < -0.3 is 10.6 Å². The van der Waals surface area contributed by atoms with Crippen molar-refractivity contribution in [1.29, 1.82) is 0 Å². The van der Waals surface area contributed by atoms with E-state index in [0.29, 0.717) is 5.54 Å². The summed E-state index contributed by atoms with van der Waals surface area (Å²) in [5, 5.41) is 7.01. The molecule has 1 spiro atoms. The van der Waals surface area contributed by atoms with E-state index in [1.165, 1.54) is 24.5 Å². The second-order valence-corrected chi connectivity index (χ2v) is 4.19. The number of thioether (sulfide) groups is 1. The van der Waals surface area contributed by atoms with Gasteiger partial charge in [0, 0.05) is 30.1 Å². The molecule has 0 bridgehead atoms. The van der Waals surface area contributed by atoms with Crippen molar-refractivity contribution >= 4 is 11.8 Å². The standard InChI is InChI=1S/C7H14N2S/c1-2-8-3-4-9-7(1)5-10-6-7/h8-9H,1-6H2. The molecule has 2 rings (SSSR count). The van der Waals surface area contributed by atoms with Crippen molar-refractivity contribution in [3.8, 4) is 0 Å². The maximum Gasteiger partial charge on any atom is 0.0375 e. The smallest absolute Gasteiger partial charge is 0.0375 e. The molecule has 0 aliphatic carbocycles. The molecule has 2 aliphatic heterocycles. The molecule has 0 aromatic rings. The zero-order valence-corrected chi connectivity index (χ0v) is 6.97. The van der Waals surface area contributed by atoms with Crippen LogP contribution in [-0.4, -0.2) is 36.7 Å². The van der Waals surface area contributed by atoms with Crippen LogP contribution in [0.5, 0.6) is 0 Å². The first kappa shape index (κ1) is 6.95. The summed E-state index contributed by atoms with van der Waals surface area (Å²) in [5.74, 6) is 2.66. The van der Waals surface area contributed by atoms with Gasteiger partial charge in [0.25, 0.3) is 0 Å². The first-order valence-electron chi connectivity index (χ1n) is 3.95. The molecule has 0 aromatic carbocycles. The van der Waals surface area contributed by atoms with Gasteiger partial charge in [-0.2, -0.15) is 11.8 Å². The Morgan fingerprint density at radius 1 is 1.10 bits per heavy atom.